The van der Waals surface area contributed by atoms with Crippen LogP contribution in [-0.4, -0.2) is 37.9 Å². The minimum atomic E-state index is -3.69. The average molecular weight is 318 g/mol. The van der Waals surface area contributed by atoms with Crippen molar-refractivity contribution in [3.05, 3.63) is 29.3 Å². The number of nitrogens with zero attached hydrogens (tertiary/aromatic N) is 1. The fraction of sp³-hybridized carbons (Fsp3) is 0.462. The van der Waals surface area contributed by atoms with Crippen molar-refractivity contribution in [1.29, 1.82) is 0 Å². The van der Waals surface area contributed by atoms with Crippen LogP contribution < -0.4 is 0 Å². The fourth-order valence-electron chi connectivity index (χ4n) is 2.24. The average Bonchev–Trinajstić information content (AvgIpc) is 2.89. The SMILES string of the molecule is CCOC(=O)C1CCCN1S(=O)(=O)c1ccc(Cl)cc1. The molecule has 1 aromatic carbocycles. The molecule has 0 saturated carbocycles. The van der Waals surface area contributed by atoms with Crippen molar-refractivity contribution in [2.24, 2.45) is 0 Å². The largest absolute Gasteiger partial charge is 0.465 e. The van der Waals surface area contributed by atoms with E-state index < -0.39 is 22.0 Å². The highest BCUT2D eigenvalue weighted by Gasteiger charge is 2.40. The van der Waals surface area contributed by atoms with Crippen molar-refractivity contribution < 1.29 is 17.9 Å². The first-order valence-electron chi connectivity index (χ1n) is 6.41. The Morgan fingerprint density at radius 2 is 2.05 bits per heavy atom. The Balaban J connectivity index is 2.28. The van der Waals surface area contributed by atoms with Crippen LogP contribution in [0, 0.1) is 0 Å². The molecule has 20 heavy (non-hydrogen) atoms. The van der Waals surface area contributed by atoms with E-state index in [-0.39, 0.29) is 11.5 Å². The summed E-state index contributed by atoms with van der Waals surface area (Å²) in [5.41, 5.74) is 0. The minimum Gasteiger partial charge on any atom is -0.465 e. The van der Waals surface area contributed by atoms with E-state index in [2.05, 4.69) is 0 Å². The van der Waals surface area contributed by atoms with E-state index in [0.717, 1.165) is 0 Å². The van der Waals surface area contributed by atoms with Gasteiger partial charge in [-0.1, -0.05) is 11.6 Å². The van der Waals surface area contributed by atoms with Gasteiger partial charge in [0.25, 0.3) is 0 Å². The molecule has 0 amide bonds. The van der Waals surface area contributed by atoms with Crippen molar-refractivity contribution in [3.63, 3.8) is 0 Å². The van der Waals surface area contributed by atoms with E-state index in [0.29, 0.717) is 24.4 Å². The number of rotatable bonds is 4. The maximum Gasteiger partial charge on any atom is 0.324 e. The number of benzene rings is 1. The van der Waals surface area contributed by atoms with Crippen LogP contribution >= 0.6 is 11.6 Å². The predicted octanol–water partition coefficient (Wildman–Crippen LogP) is 2.06. The van der Waals surface area contributed by atoms with Gasteiger partial charge in [-0.25, -0.2) is 8.42 Å². The van der Waals surface area contributed by atoms with Gasteiger partial charge in [0.05, 0.1) is 11.5 Å². The molecule has 1 aromatic rings. The van der Waals surface area contributed by atoms with Gasteiger partial charge in [0.15, 0.2) is 0 Å². The van der Waals surface area contributed by atoms with Gasteiger partial charge in [0.2, 0.25) is 10.0 Å². The molecule has 1 fully saturated rings. The first kappa shape index (κ1) is 15.3. The zero-order valence-corrected chi connectivity index (χ0v) is 12.7. The molecule has 0 aliphatic carbocycles. The Hall–Kier alpha value is -1.11. The van der Waals surface area contributed by atoms with E-state index >= 15 is 0 Å². The van der Waals surface area contributed by atoms with Crippen molar-refractivity contribution in [3.8, 4) is 0 Å². The van der Waals surface area contributed by atoms with Gasteiger partial charge in [-0.15, -0.1) is 0 Å². The van der Waals surface area contributed by atoms with Crippen molar-refractivity contribution in [2.45, 2.75) is 30.7 Å². The second kappa shape index (κ2) is 6.11. The topological polar surface area (TPSA) is 63.7 Å². The van der Waals surface area contributed by atoms with E-state index in [1.165, 1.54) is 28.6 Å². The van der Waals surface area contributed by atoms with Crippen molar-refractivity contribution in [1.82, 2.24) is 4.31 Å². The molecular weight excluding hydrogens is 302 g/mol. The Morgan fingerprint density at radius 1 is 1.40 bits per heavy atom. The molecule has 1 aliphatic heterocycles. The third-order valence-electron chi connectivity index (χ3n) is 3.18. The molecule has 0 spiro atoms. The molecular formula is C13H16ClNO4S. The summed E-state index contributed by atoms with van der Waals surface area (Å²) in [7, 11) is -3.69. The summed E-state index contributed by atoms with van der Waals surface area (Å²) in [6.45, 7) is 2.27. The van der Waals surface area contributed by atoms with Crippen molar-refractivity contribution in [2.75, 3.05) is 13.2 Å². The predicted molar refractivity (Wildman–Crippen MR) is 75.0 cm³/mol. The molecule has 1 unspecified atom stereocenters. The second-order valence-electron chi connectivity index (χ2n) is 4.48. The smallest absolute Gasteiger partial charge is 0.324 e. The lowest BCUT2D eigenvalue weighted by Crippen LogP contribution is -2.41. The van der Waals surface area contributed by atoms with Gasteiger partial charge in [0, 0.05) is 11.6 Å². The first-order valence-corrected chi connectivity index (χ1v) is 8.22. The molecule has 5 nitrogen and oxygen atoms in total. The Labute approximate surface area is 123 Å². The molecule has 1 aliphatic rings. The van der Waals surface area contributed by atoms with E-state index in [1.807, 2.05) is 0 Å². The second-order valence-corrected chi connectivity index (χ2v) is 6.81. The number of halogens is 1. The normalized spacial score (nSPS) is 20.0. The molecule has 110 valence electrons. The van der Waals surface area contributed by atoms with Gasteiger partial charge in [-0.2, -0.15) is 4.31 Å². The van der Waals surface area contributed by atoms with E-state index in [4.69, 9.17) is 16.3 Å². The maximum atomic E-state index is 12.5. The molecule has 7 heteroatoms. The number of hydrogen-bond acceptors (Lipinski definition) is 4. The summed E-state index contributed by atoms with van der Waals surface area (Å²) in [4.78, 5) is 12.0. The van der Waals surface area contributed by atoms with Crippen LogP contribution in [0.2, 0.25) is 5.02 Å². The lowest BCUT2D eigenvalue weighted by molar-refractivity contribution is -0.146. The van der Waals surface area contributed by atoms with Gasteiger partial charge in [-0.3, -0.25) is 4.79 Å². The fourth-order valence-corrected chi connectivity index (χ4v) is 4.02. The van der Waals surface area contributed by atoms with Crippen LogP contribution in [0.25, 0.3) is 0 Å². The first-order chi connectivity index (χ1) is 9.46. The zero-order valence-electron chi connectivity index (χ0n) is 11.1. The van der Waals surface area contributed by atoms with Gasteiger partial charge in [0.1, 0.15) is 6.04 Å². The van der Waals surface area contributed by atoms with Crippen LogP contribution in [0.3, 0.4) is 0 Å². The lowest BCUT2D eigenvalue weighted by atomic mass is 10.2. The molecule has 1 saturated heterocycles. The van der Waals surface area contributed by atoms with Crippen LogP contribution in [-0.2, 0) is 19.6 Å². The Bertz CT molecular complexity index is 585. The molecule has 1 heterocycles. The highest BCUT2D eigenvalue weighted by atomic mass is 35.5. The van der Waals surface area contributed by atoms with Gasteiger partial charge < -0.3 is 4.74 Å². The summed E-state index contributed by atoms with van der Waals surface area (Å²) in [6.07, 6.45) is 1.14. The third kappa shape index (κ3) is 2.97. The van der Waals surface area contributed by atoms with Gasteiger partial charge in [-0.05, 0) is 44.0 Å². The van der Waals surface area contributed by atoms with E-state index in [9.17, 15) is 13.2 Å². The van der Waals surface area contributed by atoms with Crippen LogP contribution in [0.1, 0.15) is 19.8 Å². The van der Waals surface area contributed by atoms with Gasteiger partial charge >= 0.3 is 5.97 Å². The Kier molecular flexibility index (Phi) is 4.67. The highest BCUT2D eigenvalue weighted by molar-refractivity contribution is 7.89. The maximum absolute atomic E-state index is 12.5. The minimum absolute atomic E-state index is 0.137. The summed E-state index contributed by atoms with van der Waals surface area (Å²) in [5.74, 6) is -0.484. The molecule has 0 radical (unpaired) electrons. The monoisotopic (exact) mass is 317 g/mol. The molecule has 2 rings (SSSR count). The molecule has 1 atom stereocenters. The number of sulfonamides is 1. The summed E-state index contributed by atoms with van der Waals surface area (Å²) in [6, 6.07) is 5.19. The van der Waals surface area contributed by atoms with Crippen molar-refractivity contribution >= 4 is 27.6 Å². The molecule has 0 aromatic heterocycles. The summed E-state index contributed by atoms with van der Waals surface area (Å²) < 4.78 is 31.2. The summed E-state index contributed by atoms with van der Waals surface area (Å²) in [5, 5.41) is 0.465. The number of hydrogen-bond donors (Lipinski definition) is 0. The number of ether oxygens (including phenoxy) is 1. The number of esters is 1. The van der Waals surface area contributed by atoms with Crippen LogP contribution in [0.5, 0.6) is 0 Å². The van der Waals surface area contributed by atoms with Crippen LogP contribution in [0.15, 0.2) is 29.2 Å². The third-order valence-corrected chi connectivity index (χ3v) is 5.36. The molecule has 0 N–H and O–H groups in total. The molecule has 0 bridgehead atoms. The number of carbonyl (C=O) groups is 1. The zero-order chi connectivity index (χ0) is 14.8. The summed E-state index contributed by atoms with van der Waals surface area (Å²) >= 11 is 5.76. The standard InChI is InChI=1S/C13H16ClNO4S/c1-2-19-13(16)12-4-3-9-15(12)20(17,18)11-7-5-10(14)6-8-11/h5-8,12H,2-4,9H2,1H3. The highest BCUT2D eigenvalue weighted by Crippen LogP contribution is 2.27. The quantitative estimate of drug-likeness (QED) is 0.797. The van der Waals surface area contributed by atoms with Crippen LogP contribution in [0.4, 0.5) is 0 Å². The van der Waals surface area contributed by atoms with E-state index in [1.54, 1.807) is 6.92 Å². The lowest BCUT2D eigenvalue weighted by Gasteiger charge is -2.22. The number of carbonyl (C=O) groups excluding carboxylic acids is 1. The Morgan fingerprint density at radius 3 is 2.65 bits per heavy atom.